The molecule has 4 aromatic rings. The molecule has 1 aliphatic heterocycles. The van der Waals surface area contributed by atoms with E-state index in [1.54, 1.807) is 49.7 Å². The summed E-state index contributed by atoms with van der Waals surface area (Å²) in [5.41, 5.74) is 7.07. The number of pyridine rings is 1. The molecule has 1 aliphatic rings. The van der Waals surface area contributed by atoms with Crippen molar-refractivity contribution in [1.29, 1.82) is 0 Å². The normalized spacial score (nSPS) is 13.9. The number of ether oxygens (including phenoxy) is 4. The molecule has 0 aliphatic carbocycles. The van der Waals surface area contributed by atoms with Gasteiger partial charge in [0.2, 0.25) is 0 Å². The molecule has 5 rings (SSSR count). The van der Waals surface area contributed by atoms with Gasteiger partial charge in [0, 0.05) is 48.4 Å². The fourth-order valence-electron chi connectivity index (χ4n) is 4.27. The first-order valence-electron chi connectivity index (χ1n) is 11.7. The third-order valence-electron chi connectivity index (χ3n) is 6.13. The zero-order valence-corrected chi connectivity index (χ0v) is 20.9. The zero-order valence-electron chi connectivity index (χ0n) is 20.0. The number of rotatable bonds is 8. The van der Waals surface area contributed by atoms with Gasteiger partial charge < -0.3 is 24.7 Å². The monoisotopic (exact) mass is 513 g/mol. The van der Waals surface area contributed by atoms with E-state index < -0.39 is 5.82 Å². The van der Waals surface area contributed by atoms with E-state index in [1.165, 1.54) is 0 Å². The Kier molecular flexibility index (Phi) is 8.30. The predicted molar refractivity (Wildman–Crippen MR) is 141 cm³/mol. The second-order valence-electron chi connectivity index (χ2n) is 8.45. The van der Waals surface area contributed by atoms with Gasteiger partial charge in [0.25, 0.3) is 0 Å². The Balaban J connectivity index is 0.00000304. The number of nitrogens with zero attached hydrogens (tertiary/aromatic N) is 2. The Bertz CT molecular complexity index is 1350. The molecular formula is C27H29ClFN3O4. The molecule has 7 nitrogen and oxygen atoms in total. The van der Waals surface area contributed by atoms with Crippen molar-refractivity contribution in [3.63, 3.8) is 0 Å². The van der Waals surface area contributed by atoms with Crippen LogP contribution in [0.1, 0.15) is 6.42 Å². The summed E-state index contributed by atoms with van der Waals surface area (Å²) in [5.74, 6) is 1.33. The van der Waals surface area contributed by atoms with Crippen molar-refractivity contribution in [2.75, 3.05) is 52.3 Å². The molecule has 0 atom stereocenters. The van der Waals surface area contributed by atoms with Gasteiger partial charge in [-0.25, -0.2) is 4.39 Å². The maximum absolute atomic E-state index is 15.2. The molecule has 0 spiro atoms. The highest BCUT2D eigenvalue weighted by Crippen LogP contribution is 2.38. The fraction of sp³-hybridized carbons (Fsp3) is 0.296. The summed E-state index contributed by atoms with van der Waals surface area (Å²) in [5, 5.41) is 1.86. The summed E-state index contributed by atoms with van der Waals surface area (Å²) in [6.45, 7) is 5.00. The minimum absolute atomic E-state index is 0. The van der Waals surface area contributed by atoms with E-state index in [9.17, 15) is 0 Å². The van der Waals surface area contributed by atoms with Gasteiger partial charge in [0.1, 0.15) is 5.75 Å². The maximum atomic E-state index is 15.2. The van der Waals surface area contributed by atoms with E-state index in [4.69, 9.17) is 24.7 Å². The first-order valence-corrected chi connectivity index (χ1v) is 11.7. The molecule has 36 heavy (non-hydrogen) atoms. The fourth-order valence-corrected chi connectivity index (χ4v) is 4.27. The third-order valence-corrected chi connectivity index (χ3v) is 6.13. The molecule has 0 saturated carbocycles. The van der Waals surface area contributed by atoms with Crippen LogP contribution >= 0.6 is 12.4 Å². The number of hydrogen-bond donors (Lipinski definition) is 1. The van der Waals surface area contributed by atoms with E-state index in [0.717, 1.165) is 39.3 Å². The van der Waals surface area contributed by atoms with Gasteiger partial charge >= 0.3 is 0 Å². The lowest BCUT2D eigenvalue weighted by Gasteiger charge is -2.26. The lowest BCUT2D eigenvalue weighted by atomic mass is 10.1. The number of benzene rings is 3. The smallest absolute Gasteiger partial charge is 0.173 e. The Morgan fingerprint density at radius 3 is 2.61 bits per heavy atom. The number of fused-ring (bicyclic) bond motifs is 2. The van der Waals surface area contributed by atoms with Crippen LogP contribution in [-0.4, -0.2) is 56.4 Å². The standard InChI is InChI=1S/C27H28FN3O4.ClH/c1-32-25-16-21-22(17-26(25)34-12-2-9-31-10-13-33-14-11-31)30-8-7-23(21)35-24-6-3-18-15-19(29)4-5-20(18)27(24)28;/h3-8,15-17H,2,9-14,29H2,1H3;1H. The molecule has 1 fully saturated rings. The average Bonchev–Trinajstić information content (AvgIpc) is 2.88. The topological polar surface area (TPSA) is 79.1 Å². The molecular weight excluding hydrogens is 485 g/mol. The van der Waals surface area contributed by atoms with Crippen LogP contribution in [-0.2, 0) is 4.74 Å². The number of nitrogen functional groups attached to an aromatic ring is 1. The first-order chi connectivity index (χ1) is 17.1. The van der Waals surface area contributed by atoms with Gasteiger partial charge in [0.15, 0.2) is 23.1 Å². The van der Waals surface area contributed by atoms with Gasteiger partial charge in [-0.3, -0.25) is 9.88 Å². The minimum Gasteiger partial charge on any atom is -0.493 e. The molecule has 0 radical (unpaired) electrons. The highest BCUT2D eigenvalue weighted by Gasteiger charge is 2.15. The molecule has 2 heterocycles. The summed E-state index contributed by atoms with van der Waals surface area (Å²) in [6.07, 6.45) is 2.52. The SMILES string of the molecule is COc1cc2c(Oc3ccc4cc(N)ccc4c3F)ccnc2cc1OCCCN1CCOCC1.Cl. The molecule has 9 heteroatoms. The number of anilines is 1. The number of halogens is 2. The molecule has 1 aromatic heterocycles. The molecule has 1 saturated heterocycles. The van der Waals surface area contributed by atoms with Gasteiger partial charge in [-0.15, -0.1) is 12.4 Å². The van der Waals surface area contributed by atoms with Crippen molar-refractivity contribution >= 4 is 39.8 Å². The summed E-state index contributed by atoms with van der Waals surface area (Å²) in [6, 6.07) is 13.8. The van der Waals surface area contributed by atoms with Crippen LogP contribution in [0.2, 0.25) is 0 Å². The molecule has 0 bridgehead atoms. The predicted octanol–water partition coefficient (Wildman–Crippen LogP) is 5.43. The number of morpholine rings is 1. The quantitative estimate of drug-likeness (QED) is 0.248. The zero-order chi connectivity index (χ0) is 24.2. The van der Waals surface area contributed by atoms with E-state index in [-0.39, 0.29) is 18.2 Å². The Hall–Kier alpha value is -3.33. The highest BCUT2D eigenvalue weighted by atomic mass is 35.5. The van der Waals surface area contributed by atoms with Crippen LogP contribution in [0.4, 0.5) is 10.1 Å². The Labute approximate surface area is 215 Å². The summed E-state index contributed by atoms with van der Waals surface area (Å²) in [4.78, 5) is 6.83. The number of aromatic nitrogens is 1. The van der Waals surface area contributed by atoms with Crippen molar-refractivity contribution in [2.24, 2.45) is 0 Å². The van der Waals surface area contributed by atoms with Crippen LogP contribution in [0, 0.1) is 5.82 Å². The van der Waals surface area contributed by atoms with Crippen LogP contribution < -0.4 is 19.9 Å². The van der Waals surface area contributed by atoms with E-state index in [1.807, 2.05) is 12.1 Å². The number of methoxy groups -OCH3 is 1. The Morgan fingerprint density at radius 1 is 0.972 bits per heavy atom. The van der Waals surface area contributed by atoms with Gasteiger partial charge in [-0.1, -0.05) is 6.07 Å². The van der Waals surface area contributed by atoms with Gasteiger partial charge in [-0.2, -0.15) is 0 Å². The van der Waals surface area contributed by atoms with Gasteiger partial charge in [-0.05, 0) is 48.2 Å². The molecule has 2 N–H and O–H groups in total. The van der Waals surface area contributed by atoms with Crippen LogP contribution in [0.3, 0.4) is 0 Å². The summed E-state index contributed by atoms with van der Waals surface area (Å²) in [7, 11) is 1.59. The highest BCUT2D eigenvalue weighted by molar-refractivity contribution is 5.90. The second-order valence-corrected chi connectivity index (χ2v) is 8.45. The number of hydrogen-bond acceptors (Lipinski definition) is 7. The lowest BCUT2D eigenvalue weighted by Crippen LogP contribution is -2.37. The van der Waals surface area contributed by atoms with E-state index in [0.29, 0.717) is 51.2 Å². The van der Waals surface area contributed by atoms with Crippen molar-refractivity contribution < 1.29 is 23.3 Å². The molecule has 3 aromatic carbocycles. The lowest BCUT2D eigenvalue weighted by molar-refractivity contribution is 0.0357. The van der Waals surface area contributed by atoms with Crippen LogP contribution in [0.5, 0.6) is 23.0 Å². The largest absolute Gasteiger partial charge is 0.493 e. The minimum atomic E-state index is -0.445. The average molecular weight is 514 g/mol. The Morgan fingerprint density at radius 2 is 1.81 bits per heavy atom. The van der Waals surface area contributed by atoms with Crippen molar-refractivity contribution in [3.05, 3.63) is 60.5 Å². The molecule has 0 amide bonds. The number of nitrogens with two attached hydrogens (primary N) is 1. The first kappa shape index (κ1) is 25.8. The van der Waals surface area contributed by atoms with E-state index in [2.05, 4.69) is 9.88 Å². The summed E-state index contributed by atoms with van der Waals surface area (Å²) < 4.78 is 38.2. The van der Waals surface area contributed by atoms with Gasteiger partial charge in [0.05, 0.1) is 32.4 Å². The summed E-state index contributed by atoms with van der Waals surface area (Å²) >= 11 is 0. The van der Waals surface area contributed by atoms with Crippen LogP contribution in [0.25, 0.3) is 21.7 Å². The van der Waals surface area contributed by atoms with E-state index >= 15 is 4.39 Å². The molecule has 190 valence electrons. The second kappa shape index (κ2) is 11.6. The maximum Gasteiger partial charge on any atom is 0.173 e. The van der Waals surface area contributed by atoms with Crippen molar-refractivity contribution in [1.82, 2.24) is 9.88 Å². The van der Waals surface area contributed by atoms with Crippen molar-refractivity contribution in [2.45, 2.75) is 6.42 Å². The third kappa shape index (κ3) is 5.56. The molecule has 0 unspecified atom stereocenters. The van der Waals surface area contributed by atoms with Crippen LogP contribution in [0.15, 0.2) is 54.7 Å². The van der Waals surface area contributed by atoms with Crippen molar-refractivity contribution in [3.8, 4) is 23.0 Å².